The maximum Gasteiger partial charge on any atom is 0.232 e. The van der Waals surface area contributed by atoms with Crippen LogP contribution in [0.5, 0.6) is 0 Å². The molecule has 0 aliphatic rings. The van der Waals surface area contributed by atoms with Crippen molar-refractivity contribution in [2.24, 2.45) is 0 Å². The predicted molar refractivity (Wildman–Crippen MR) is 78.6 cm³/mol. The molecule has 0 bridgehead atoms. The van der Waals surface area contributed by atoms with Crippen LogP contribution in [-0.4, -0.2) is 14.7 Å². The third-order valence-corrected chi connectivity index (χ3v) is 4.06. The molecule has 106 valence electrons. The van der Waals surface area contributed by atoms with Gasteiger partial charge < -0.3 is 0 Å². The Balaban J connectivity index is 2.37. The summed E-state index contributed by atoms with van der Waals surface area (Å²) in [4.78, 5) is 0. The summed E-state index contributed by atoms with van der Waals surface area (Å²) >= 11 is 0. The topological polar surface area (TPSA) is 37.4 Å². The van der Waals surface area contributed by atoms with Crippen molar-refractivity contribution in [2.75, 3.05) is 10.6 Å². The van der Waals surface area contributed by atoms with Gasteiger partial charge in [0.15, 0.2) is 0 Å². The molecule has 0 fully saturated rings. The SMILES string of the molecule is Cc1cccc(CN(c2ccc(F)cc2)S(C)(=O)=O)c1. The molecule has 2 rings (SSSR count). The first kappa shape index (κ1) is 14.5. The number of hydrogen-bond donors (Lipinski definition) is 0. The van der Waals surface area contributed by atoms with Crippen molar-refractivity contribution in [1.82, 2.24) is 0 Å². The normalized spacial score (nSPS) is 11.3. The molecule has 0 unspecified atom stereocenters. The molecule has 0 N–H and O–H groups in total. The number of anilines is 1. The minimum atomic E-state index is -3.43. The largest absolute Gasteiger partial charge is 0.266 e. The van der Waals surface area contributed by atoms with Gasteiger partial charge in [0.05, 0.1) is 18.5 Å². The van der Waals surface area contributed by atoms with E-state index in [-0.39, 0.29) is 6.54 Å². The van der Waals surface area contributed by atoms with Crippen molar-refractivity contribution in [3.63, 3.8) is 0 Å². The number of nitrogens with zero attached hydrogens (tertiary/aromatic N) is 1. The molecule has 0 spiro atoms. The van der Waals surface area contributed by atoms with E-state index < -0.39 is 15.8 Å². The van der Waals surface area contributed by atoms with Crippen LogP contribution >= 0.6 is 0 Å². The quantitative estimate of drug-likeness (QED) is 0.868. The summed E-state index contributed by atoms with van der Waals surface area (Å²) in [6, 6.07) is 13.1. The minimum Gasteiger partial charge on any atom is -0.266 e. The summed E-state index contributed by atoms with van der Waals surface area (Å²) in [6.45, 7) is 2.18. The van der Waals surface area contributed by atoms with E-state index in [1.807, 2.05) is 31.2 Å². The first-order valence-corrected chi connectivity index (χ1v) is 8.00. The van der Waals surface area contributed by atoms with Gasteiger partial charge in [0, 0.05) is 0 Å². The van der Waals surface area contributed by atoms with E-state index in [2.05, 4.69) is 0 Å². The van der Waals surface area contributed by atoms with Crippen molar-refractivity contribution >= 4 is 15.7 Å². The standard InChI is InChI=1S/C15H16FNO2S/c1-12-4-3-5-13(10-12)11-17(20(2,18)19)15-8-6-14(16)7-9-15/h3-10H,11H2,1-2H3. The Kier molecular flexibility index (Phi) is 4.09. The minimum absolute atomic E-state index is 0.228. The third kappa shape index (κ3) is 3.57. The van der Waals surface area contributed by atoms with E-state index in [4.69, 9.17) is 0 Å². The molecule has 0 atom stereocenters. The molecule has 0 amide bonds. The molecule has 0 saturated heterocycles. The molecule has 3 nitrogen and oxygen atoms in total. The van der Waals surface area contributed by atoms with Crippen LogP contribution < -0.4 is 4.31 Å². The lowest BCUT2D eigenvalue weighted by molar-refractivity contribution is 0.596. The van der Waals surface area contributed by atoms with E-state index >= 15 is 0 Å². The average Bonchev–Trinajstić information content (AvgIpc) is 2.36. The van der Waals surface area contributed by atoms with Gasteiger partial charge in [-0.25, -0.2) is 12.8 Å². The summed E-state index contributed by atoms with van der Waals surface area (Å²) in [7, 11) is -3.43. The van der Waals surface area contributed by atoms with Crippen LogP contribution in [-0.2, 0) is 16.6 Å². The average molecular weight is 293 g/mol. The highest BCUT2D eigenvalue weighted by Gasteiger charge is 2.17. The fourth-order valence-electron chi connectivity index (χ4n) is 1.98. The first-order valence-electron chi connectivity index (χ1n) is 6.15. The van der Waals surface area contributed by atoms with Crippen molar-refractivity contribution in [1.29, 1.82) is 0 Å². The van der Waals surface area contributed by atoms with Crippen molar-refractivity contribution in [3.05, 3.63) is 65.5 Å². The van der Waals surface area contributed by atoms with Crippen LogP contribution in [0.2, 0.25) is 0 Å². The molecule has 20 heavy (non-hydrogen) atoms. The monoisotopic (exact) mass is 293 g/mol. The fourth-order valence-corrected chi connectivity index (χ4v) is 2.87. The lowest BCUT2D eigenvalue weighted by Gasteiger charge is -2.22. The predicted octanol–water partition coefficient (Wildman–Crippen LogP) is 3.10. The lowest BCUT2D eigenvalue weighted by atomic mass is 10.1. The van der Waals surface area contributed by atoms with Gasteiger partial charge in [-0.1, -0.05) is 29.8 Å². The Labute approximate surface area is 118 Å². The molecule has 0 heterocycles. The van der Waals surface area contributed by atoms with Crippen LogP contribution in [0.25, 0.3) is 0 Å². The summed E-state index contributed by atoms with van der Waals surface area (Å²) in [5.74, 6) is -0.391. The zero-order chi connectivity index (χ0) is 14.8. The van der Waals surface area contributed by atoms with Gasteiger partial charge in [-0.3, -0.25) is 4.31 Å². The van der Waals surface area contributed by atoms with Gasteiger partial charge >= 0.3 is 0 Å². The van der Waals surface area contributed by atoms with E-state index in [1.165, 1.54) is 28.6 Å². The van der Waals surface area contributed by atoms with Crippen LogP contribution in [0.3, 0.4) is 0 Å². The summed E-state index contributed by atoms with van der Waals surface area (Å²) in [5.41, 5.74) is 2.41. The van der Waals surface area contributed by atoms with Gasteiger partial charge in [0.25, 0.3) is 0 Å². The second kappa shape index (κ2) is 5.63. The Hall–Kier alpha value is -1.88. The second-order valence-electron chi connectivity index (χ2n) is 4.74. The Morgan fingerprint density at radius 3 is 2.30 bits per heavy atom. The fraction of sp³-hybridized carbons (Fsp3) is 0.200. The molecular formula is C15H16FNO2S. The molecule has 2 aromatic carbocycles. The van der Waals surface area contributed by atoms with Crippen molar-refractivity contribution in [2.45, 2.75) is 13.5 Å². The van der Waals surface area contributed by atoms with Crippen LogP contribution in [0.4, 0.5) is 10.1 Å². The Bertz CT molecular complexity index is 696. The summed E-state index contributed by atoms with van der Waals surface area (Å²) in [6.07, 6.45) is 1.14. The van der Waals surface area contributed by atoms with E-state index in [0.717, 1.165) is 17.4 Å². The van der Waals surface area contributed by atoms with Gasteiger partial charge in [0.1, 0.15) is 5.82 Å². The van der Waals surface area contributed by atoms with Gasteiger partial charge in [-0.15, -0.1) is 0 Å². The maximum atomic E-state index is 13.0. The molecule has 0 radical (unpaired) electrons. The summed E-state index contributed by atoms with van der Waals surface area (Å²) < 4.78 is 38.1. The molecular weight excluding hydrogens is 277 g/mol. The van der Waals surface area contributed by atoms with E-state index in [1.54, 1.807) is 0 Å². The number of rotatable bonds is 4. The number of sulfonamides is 1. The number of benzene rings is 2. The molecule has 0 saturated carbocycles. The van der Waals surface area contributed by atoms with Gasteiger partial charge in [-0.05, 0) is 36.8 Å². The molecule has 0 aromatic heterocycles. The van der Waals surface area contributed by atoms with E-state index in [9.17, 15) is 12.8 Å². The zero-order valence-corrected chi connectivity index (χ0v) is 12.2. The van der Waals surface area contributed by atoms with Gasteiger partial charge in [0.2, 0.25) is 10.0 Å². The highest BCUT2D eigenvalue weighted by molar-refractivity contribution is 7.92. The second-order valence-corrected chi connectivity index (χ2v) is 6.64. The van der Waals surface area contributed by atoms with Crippen LogP contribution in [0, 0.1) is 12.7 Å². The summed E-state index contributed by atoms with van der Waals surface area (Å²) in [5, 5.41) is 0. The van der Waals surface area contributed by atoms with Crippen LogP contribution in [0.15, 0.2) is 48.5 Å². The Morgan fingerprint density at radius 1 is 1.10 bits per heavy atom. The lowest BCUT2D eigenvalue weighted by Crippen LogP contribution is -2.29. The number of halogens is 1. The zero-order valence-electron chi connectivity index (χ0n) is 11.4. The van der Waals surface area contributed by atoms with E-state index in [0.29, 0.717) is 5.69 Å². The van der Waals surface area contributed by atoms with Crippen molar-refractivity contribution in [3.8, 4) is 0 Å². The van der Waals surface area contributed by atoms with Gasteiger partial charge in [-0.2, -0.15) is 0 Å². The Morgan fingerprint density at radius 2 is 1.75 bits per heavy atom. The molecule has 2 aromatic rings. The number of aryl methyl sites for hydroxylation is 1. The maximum absolute atomic E-state index is 13.0. The molecule has 5 heteroatoms. The van der Waals surface area contributed by atoms with Crippen molar-refractivity contribution < 1.29 is 12.8 Å². The smallest absolute Gasteiger partial charge is 0.232 e. The molecule has 0 aliphatic heterocycles. The molecule has 0 aliphatic carbocycles. The first-order chi connectivity index (χ1) is 9.36. The number of hydrogen-bond acceptors (Lipinski definition) is 2. The third-order valence-electron chi connectivity index (χ3n) is 2.92. The highest BCUT2D eigenvalue weighted by Crippen LogP contribution is 2.21. The van der Waals surface area contributed by atoms with Crippen LogP contribution in [0.1, 0.15) is 11.1 Å². The highest BCUT2D eigenvalue weighted by atomic mass is 32.2.